The van der Waals surface area contributed by atoms with Crippen LogP contribution in [0.1, 0.15) is 24.5 Å². The molecule has 3 heterocycles. The van der Waals surface area contributed by atoms with Gasteiger partial charge < -0.3 is 15.2 Å². The second kappa shape index (κ2) is 6.78. The van der Waals surface area contributed by atoms with E-state index in [9.17, 15) is 4.79 Å². The lowest BCUT2D eigenvalue weighted by atomic mass is 10.1. The van der Waals surface area contributed by atoms with Crippen LogP contribution in [0.4, 0.5) is 10.5 Å². The van der Waals surface area contributed by atoms with Crippen molar-refractivity contribution < 1.29 is 4.79 Å². The topological polar surface area (TPSA) is 77.2 Å². The normalized spacial score (nSPS) is 18.9. The number of carbonyl (C=O) groups excluding carboxylic acids is 1. The molecule has 0 aliphatic carbocycles. The second-order valence-electron chi connectivity index (χ2n) is 5.68. The molecule has 7 heteroatoms. The van der Waals surface area contributed by atoms with Gasteiger partial charge in [-0.2, -0.15) is 0 Å². The fourth-order valence-electron chi connectivity index (χ4n) is 2.85. The van der Waals surface area contributed by atoms with Crippen LogP contribution in [0.2, 0.25) is 0 Å². The Morgan fingerprint density at radius 1 is 1.39 bits per heavy atom. The Morgan fingerprint density at radius 3 is 2.91 bits per heavy atom. The minimum Gasteiger partial charge on any atom is -0.347 e. The van der Waals surface area contributed by atoms with Gasteiger partial charge in [-0.05, 0) is 25.6 Å². The molecule has 2 aromatic heterocycles. The minimum absolute atomic E-state index is 0.0945. The van der Waals surface area contributed by atoms with Crippen molar-refractivity contribution in [2.75, 3.05) is 31.5 Å². The van der Waals surface area contributed by atoms with Crippen LogP contribution < -0.4 is 5.32 Å². The van der Waals surface area contributed by atoms with Gasteiger partial charge in [0.25, 0.3) is 0 Å². The lowest BCUT2D eigenvalue weighted by Crippen LogP contribution is -2.51. The van der Waals surface area contributed by atoms with E-state index in [-0.39, 0.29) is 12.1 Å². The van der Waals surface area contributed by atoms with Crippen molar-refractivity contribution in [2.45, 2.75) is 19.9 Å². The number of piperazine rings is 1. The minimum atomic E-state index is -0.0945. The summed E-state index contributed by atoms with van der Waals surface area (Å²) in [4.78, 5) is 28.4. The zero-order valence-corrected chi connectivity index (χ0v) is 13.5. The second-order valence-corrected chi connectivity index (χ2v) is 5.68. The number of anilines is 1. The van der Waals surface area contributed by atoms with Crippen molar-refractivity contribution in [3.05, 3.63) is 42.2 Å². The van der Waals surface area contributed by atoms with Crippen LogP contribution in [0.15, 0.2) is 30.7 Å². The molecule has 1 fully saturated rings. The number of hydrogen-bond donors (Lipinski definition) is 2. The number of imidazole rings is 1. The molecule has 1 atom stereocenters. The van der Waals surface area contributed by atoms with E-state index < -0.39 is 0 Å². The van der Waals surface area contributed by atoms with E-state index in [1.165, 1.54) is 0 Å². The van der Waals surface area contributed by atoms with Gasteiger partial charge in [0.15, 0.2) is 0 Å². The van der Waals surface area contributed by atoms with Crippen molar-refractivity contribution >= 4 is 11.7 Å². The molecule has 0 saturated carbocycles. The molecule has 1 aliphatic heterocycles. The Hall–Kier alpha value is -2.41. The van der Waals surface area contributed by atoms with E-state index in [1.807, 2.05) is 30.2 Å². The summed E-state index contributed by atoms with van der Waals surface area (Å²) in [5.41, 5.74) is 1.64. The summed E-state index contributed by atoms with van der Waals surface area (Å²) in [5, 5.41) is 2.91. The van der Waals surface area contributed by atoms with Crippen LogP contribution in [0.3, 0.4) is 0 Å². The number of aromatic amines is 1. The number of rotatable bonds is 3. The Labute approximate surface area is 135 Å². The largest absolute Gasteiger partial charge is 0.347 e. The molecule has 0 aromatic carbocycles. The highest BCUT2D eigenvalue weighted by Crippen LogP contribution is 2.23. The number of carbonyl (C=O) groups is 1. The molecular weight excluding hydrogens is 292 g/mol. The maximum absolute atomic E-state index is 12.5. The first-order valence-electron chi connectivity index (χ1n) is 7.89. The zero-order chi connectivity index (χ0) is 16.2. The number of nitrogens with one attached hydrogen (secondary N) is 2. The number of amides is 2. The van der Waals surface area contributed by atoms with Crippen LogP contribution in [0.5, 0.6) is 0 Å². The van der Waals surface area contributed by atoms with Crippen LogP contribution in [0, 0.1) is 6.92 Å². The van der Waals surface area contributed by atoms with E-state index in [4.69, 9.17) is 0 Å². The van der Waals surface area contributed by atoms with Gasteiger partial charge in [-0.1, -0.05) is 6.92 Å². The Bertz CT molecular complexity index is 639. The lowest BCUT2D eigenvalue weighted by molar-refractivity contribution is 0.0946. The predicted octanol–water partition coefficient (Wildman–Crippen LogP) is 2.02. The number of urea groups is 1. The molecule has 1 unspecified atom stereocenters. The smallest absolute Gasteiger partial charge is 0.321 e. The number of likely N-dealkylation sites (N-methyl/N-ethyl adjacent to an activating group) is 1. The maximum atomic E-state index is 12.5. The summed E-state index contributed by atoms with van der Waals surface area (Å²) in [6.45, 7) is 7.14. The van der Waals surface area contributed by atoms with Crippen LogP contribution >= 0.6 is 0 Å². The van der Waals surface area contributed by atoms with Gasteiger partial charge in [-0.15, -0.1) is 0 Å². The quantitative estimate of drug-likeness (QED) is 0.908. The van der Waals surface area contributed by atoms with Crippen LogP contribution in [-0.4, -0.2) is 57.0 Å². The van der Waals surface area contributed by atoms with Crippen molar-refractivity contribution in [2.24, 2.45) is 0 Å². The number of nitrogens with zero attached hydrogens (tertiary/aromatic N) is 4. The number of H-pyrrole nitrogens is 1. The van der Waals surface area contributed by atoms with Gasteiger partial charge in [-0.25, -0.2) is 9.78 Å². The molecule has 2 N–H and O–H groups in total. The molecule has 0 radical (unpaired) electrons. The standard InChI is InChI=1S/C16H22N6O/c1-3-21-8-9-22(11-14(21)15-17-6-7-18-15)16(23)20-13-5-4-12(2)19-10-13/h4-7,10,14H,3,8-9,11H2,1-2H3,(H,17,18)(H,20,23). The summed E-state index contributed by atoms with van der Waals surface area (Å²) in [7, 11) is 0. The SMILES string of the molecule is CCN1CCN(C(=O)Nc2ccc(C)nc2)CC1c1ncc[nH]1. The molecule has 2 aromatic rings. The average Bonchev–Trinajstić information content (AvgIpc) is 3.10. The highest BCUT2D eigenvalue weighted by Gasteiger charge is 2.31. The number of hydrogen-bond acceptors (Lipinski definition) is 4. The van der Waals surface area contributed by atoms with E-state index in [0.29, 0.717) is 18.8 Å². The molecule has 2 amide bonds. The van der Waals surface area contributed by atoms with Gasteiger partial charge in [0.05, 0.1) is 17.9 Å². The summed E-state index contributed by atoms with van der Waals surface area (Å²) >= 11 is 0. The van der Waals surface area contributed by atoms with E-state index in [2.05, 4.69) is 32.1 Å². The van der Waals surface area contributed by atoms with E-state index in [0.717, 1.165) is 24.6 Å². The van der Waals surface area contributed by atoms with Gasteiger partial charge in [0.2, 0.25) is 0 Å². The fourth-order valence-corrected chi connectivity index (χ4v) is 2.85. The first kappa shape index (κ1) is 15.5. The number of aryl methyl sites for hydroxylation is 1. The molecular formula is C16H22N6O. The number of pyridine rings is 1. The summed E-state index contributed by atoms with van der Waals surface area (Å²) in [6, 6.07) is 3.76. The Kier molecular flexibility index (Phi) is 4.57. The third-order valence-corrected chi connectivity index (χ3v) is 4.18. The molecule has 0 spiro atoms. The molecule has 122 valence electrons. The van der Waals surface area contributed by atoms with E-state index in [1.54, 1.807) is 12.4 Å². The highest BCUT2D eigenvalue weighted by atomic mass is 16.2. The first-order chi connectivity index (χ1) is 11.2. The highest BCUT2D eigenvalue weighted by molar-refractivity contribution is 5.89. The maximum Gasteiger partial charge on any atom is 0.321 e. The predicted molar refractivity (Wildman–Crippen MR) is 88.1 cm³/mol. The van der Waals surface area contributed by atoms with Gasteiger partial charge >= 0.3 is 6.03 Å². The average molecular weight is 314 g/mol. The molecule has 23 heavy (non-hydrogen) atoms. The third kappa shape index (κ3) is 3.50. The lowest BCUT2D eigenvalue weighted by Gasteiger charge is -2.39. The summed E-state index contributed by atoms with van der Waals surface area (Å²) in [5.74, 6) is 0.904. The third-order valence-electron chi connectivity index (χ3n) is 4.18. The molecule has 1 saturated heterocycles. The van der Waals surface area contributed by atoms with Gasteiger partial charge in [0, 0.05) is 37.7 Å². The summed E-state index contributed by atoms with van der Waals surface area (Å²) < 4.78 is 0. The van der Waals surface area contributed by atoms with Gasteiger partial charge in [-0.3, -0.25) is 9.88 Å². The first-order valence-corrected chi connectivity index (χ1v) is 7.89. The Balaban J connectivity index is 1.68. The van der Waals surface area contributed by atoms with Crippen LogP contribution in [-0.2, 0) is 0 Å². The van der Waals surface area contributed by atoms with Gasteiger partial charge in [0.1, 0.15) is 5.82 Å². The molecule has 3 rings (SSSR count). The van der Waals surface area contributed by atoms with E-state index >= 15 is 0 Å². The van der Waals surface area contributed by atoms with Crippen molar-refractivity contribution in [1.82, 2.24) is 24.8 Å². The van der Waals surface area contributed by atoms with Crippen molar-refractivity contribution in [1.29, 1.82) is 0 Å². The zero-order valence-electron chi connectivity index (χ0n) is 13.5. The summed E-state index contributed by atoms with van der Waals surface area (Å²) in [6.07, 6.45) is 5.25. The van der Waals surface area contributed by atoms with Crippen molar-refractivity contribution in [3.63, 3.8) is 0 Å². The number of aromatic nitrogens is 3. The monoisotopic (exact) mass is 314 g/mol. The molecule has 1 aliphatic rings. The van der Waals surface area contributed by atoms with Crippen molar-refractivity contribution in [3.8, 4) is 0 Å². The Morgan fingerprint density at radius 2 is 2.26 bits per heavy atom. The molecule has 0 bridgehead atoms. The van der Waals surface area contributed by atoms with Crippen LogP contribution in [0.25, 0.3) is 0 Å². The fraction of sp³-hybridized carbons (Fsp3) is 0.438. The molecule has 7 nitrogen and oxygen atoms in total.